The van der Waals surface area contributed by atoms with Gasteiger partial charge in [-0.2, -0.15) is 5.26 Å². The van der Waals surface area contributed by atoms with Crippen LogP contribution < -0.4 is 44.8 Å². The molecular formula is C49H52N6O10S2. The number of hydrogen-bond acceptors (Lipinski definition) is 12. The number of carbonyl (C=O) groups is 2. The van der Waals surface area contributed by atoms with E-state index in [1.165, 1.54) is 30.3 Å². The summed E-state index contributed by atoms with van der Waals surface area (Å²) in [5.74, 6) is 2.28. The van der Waals surface area contributed by atoms with Gasteiger partial charge in [-0.1, -0.05) is 48.5 Å². The Kier molecular flexibility index (Phi) is 15.8. The summed E-state index contributed by atoms with van der Waals surface area (Å²) in [6.07, 6.45) is 0. The van der Waals surface area contributed by atoms with E-state index in [0.717, 1.165) is 39.8 Å². The molecule has 0 atom stereocenters. The molecule has 0 heterocycles. The van der Waals surface area contributed by atoms with Gasteiger partial charge in [0, 0.05) is 16.8 Å². The number of nitriles is 1. The van der Waals surface area contributed by atoms with E-state index in [9.17, 15) is 31.7 Å². The second kappa shape index (κ2) is 21.0. The Bertz CT molecular complexity index is 3000. The molecule has 0 radical (unpaired) electrons. The highest BCUT2D eigenvalue weighted by Crippen LogP contribution is 2.35. The lowest BCUT2D eigenvalue weighted by molar-refractivity contribution is 0.236. The maximum absolute atomic E-state index is 13.0. The van der Waals surface area contributed by atoms with Gasteiger partial charge >= 0.3 is 12.1 Å². The molecule has 6 rings (SSSR count). The van der Waals surface area contributed by atoms with Crippen molar-refractivity contribution in [1.29, 1.82) is 5.26 Å². The van der Waals surface area contributed by atoms with Crippen molar-refractivity contribution in [3.63, 3.8) is 0 Å². The lowest BCUT2D eigenvalue weighted by Gasteiger charge is -2.21. The summed E-state index contributed by atoms with van der Waals surface area (Å²) in [5.41, 5.74) is 8.45. The average Bonchev–Trinajstić information content (AvgIpc) is 3.26. The minimum atomic E-state index is -4.34. The number of methoxy groups -OCH3 is 2. The number of carbonyl (C=O) groups excluding carboxylic acids is 2. The number of nitrogens with one attached hydrogen (secondary N) is 4. The number of urea groups is 2. The third kappa shape index (κ3) is 14.6. The molecule has 6 N–H and O–H groups in total. The van der Waals surface area contributed by atoms with Gasteiger partial charge < -0.3 is 35.3 Å². The first-order chi connectivity index (χ1) is 31.5. The Morgan fingerprint density at radius 2 is 0.925 bits per heavy atom. The third-order valence-electron chi connectivity index (χ3n) is 9.02. The minimum Gasteiger partial charge on any atom is -0.497 e. The zero-order chi connectivity index (χ0) is 49.2. The molecule has 0 bridgehead atoms. The zero-order valence-electron chi connectivity index (χ0n) is 38.1. The molecule has 67 heavy (non-hydrogen) atoms. The second-order valence-electron chi connectivity index (χ2n) is 16.8. The molecule has 0 fully saturated rings. The number of nitrogens with zero attached hydrogens (tertiary/aromatic N) is 1. The minimum absolute atomic E-state index is 0.0260. The second-order valence-corrected chi connectivity index (χ2v) is 20.1. The van der Waals surface area contributed by atoms with Gasteiger partial charge in [0.2, 0.25) is 0 Å². The van der Waals surface area contributed by atoms with Crippen molar-refractivity contribution in [2.45, 2.75) is 62.4 Å². The number of hydrogen-bond donors (Lipinski definition) is 5. The summed E-state index contributed by atoms with van der Waals surface area (Å²) in [6, 6.07) is 37.7. The summed E-state index contributed by atoms with van der Waals surface area (Å²) in [5, 5.41) is 14.3. The summed E-state index contributed by atoms with van der Waals surface area (Å²) in [7, 11) is -5.40. The van der Waals surface area contributed by atoms with Crippen LogP contribution in [0.1, 0.15) is 47.1 Å². The molecule has 0 aliphatic heterocycles. The Morgan fingerprint density at radius 3 is 1.31 bits per heavy atom. The van der Waals surface area contributed by atoms with Crippen molar-refractivity contribution in [3.8, 4) is 62.8 Å². The lowest BCUT2D eigenvalue weighted by atomic mass is 10.1. The molecule has 350 valence electrons. The predicted molar refractivity (Wildman–Crippen MR) is 256 cm³/mol. The van der Waals surface area contributed by atoms with Gasteiger partial charge in [-0.05, 0) is 149 Å². The van der Waals surface area contributed by atoms with Gasteiger partial charge in [0.05, 0.1) is 25.9 Å². The summed E-state index contributed by atoms with van der Waals surface area (Å²) in [6.45, 7) is 10.4. The fourth-order valence-electron chi connectivity index (χ4n) is 6.08. The topological polar surface area (TPSA) is 237 Å². The Balaban J connectivity index is 0.000000251. The van der Waals surface area contributed by atoms with E-state index < -0.39 is 43.2 Å². The SMILES string of the molecule is COc1ccc(-c2cccc(Oc3ccc(C#N)cc3S(=O)(=O)NC(=O)NC(C)(C)C)c2)cc1.COc1ccc(-c2cccc(Oc3ccc(N)cc3S(=O)(=O)NC(=O)NC(C)(C)C)c2)cc1. The molecule has 0 unspecified atom stereocenters. The first kappa shape index (κ1) is 50.3. The standard InChI is InChI=1S/C25H25N3O5S.C24H27N3O5S/c1-25(2,3)27-24(29)28-34(30,31)23-14-17(16-26)8-13-22(23)33-21-7-5-6-19(15-21)18-9-11-20(32-4)12-10-18;1-24(2,3)26-23(28)27-33(29,30)22-15-18(25)10-13-21(22)32-20-7-5-6-17(14-20)16-8-11-19(31-4)12-9-16/h5-15H,1-4H3,(H2,27,28,29);5-15H,25H2,1-4H3,(H2,26,27,28). The van der Waals surface area contributed by atoms with E-state index in [1.54, 1.807) is 92.2 Å². The van der Waals surface area contributed by atoms with E-state index in [4.69, 9.17) is 24.7 Å². The molecule has 0 saturated carbocycles. The largest absolute Gasteiger partial charge is 0.497 e. The van der Waals surface area contributed by atoms with E-state index in [-0.39, 0.29) is 32.5 Å². The number of nitrogens with two attached hydrogens (primary N) is 1. The fourth-order valence-corrected chi connectivity index (χ4v) is 8.21. The molecule has 18 heteroatoms. The number of amides is 4. The van der Waals surface area contributed by atoms with Gasteiger partial charge in [-0.25, -0.2) is 35.9 Å². The Labute approximate surface area is 391 Å². The highest BCUT2D eigenvalue weighted by molar-refractivity contribution is 7.90. The van der Waals surface area contributed by atoms with Crippen molar-refractivity contribution in [2.75, 3.05) is 20.0 Å². The number of nitrogen functional groups attached to an aromatic ring is 1. The first-order valence-electron chi connectivity index (χ1n) is 20.5. The third-order valence-corrected chi connectivity index (χ3v) is 11.7. The number of rotatable bonds is 12. The van der Waals surface area contributed by atoms with Crippen LogP contribution in [0.4, 0.5) is 15.3 Å². The van der Waals surface area contributed by atoms with Crippen molar-refractivity contribution in [3.05, 3.63) is 139 Å². The molecule has 4 amide bonds. The highest BCUT2D eigenvalue weighted by Gasteiger charge is 2.27. The van der Waals surface area contributed by atoms with Crippen LogP contribution in [0.15, 0.2) is 143 Å². The molecule has 0 aromatic heterocycles. The van der Waals surface area contributed by atoms with Gasteiger partial charge in [0.15, 0.2) is 0 Å². The van der Waals surface area contributed by atoms with Crippen LogP contribution in [0.3, 0.4) is 0 Å². The van der Waals surface area contributed by atoms with Crippen LogP contribution in [-0.4, -0.2) is 54.2 Å². The molecule has 6 aromatic rings. The van der Waals surface area contributed by atoms with Gasteiger partial charge in [0.25, 0.3) is 20.0 Å². The van der Waals surface area contributed by atoms with Crippen molar-refractivity contribution >= 4 is 37.8 Å². The van der Waals surface area contributed by atoms with Crippen LogP contribution in [0.5, 0.6) is 34.5 Å². The van der Waals surface area contributed by atoms with Crippen LogP contribution in [0.2, 0.25) is 0 Å². The molecule has 0 spiro atoms. The Hall–Kier alpha value is -7.75. The molecule has 0 aliphatic carbocycles. The van der Waals surface area contributed by atoms with Gasteiger partial charge in [0.1, 0.15) is 44.3 Å². The summed E-state index contributed by atoms with van der Waals surface area (Å²) < 4.78 is 78.0. The van der Waals surface area contributed by atoms with E-state index in [0.29, 0.717) is 11.5 Å². The lowest BCUT2D eigenvalue weighted by Crippen LogP contribution is -2.48. The maximum Gasteiger partial charge on any atom is 0.329 e. The van der Waals surface area contributed by atoms with Crippen LogP contribution in [0, 0.1) is 11.3 Å². The molecule has 6 aromatic carbocycles. The predicted octanol–water partition coefficient (Wildman–Crippen LogP) is 9.34. The molecule has 0 aliphatic rings. The number of ether oxygens (including phenoxy) is 4. The van der Waals surface area contributed by atoms with E-state index in [2.05, 4.69) is 10.6 Å². The fraction of sp³-hybridized carbons (Fsp3) is 0.204. The first-order valence-corrected chi connectivity index (χ1v) is 23.4. The average molecular weight is 949 g/mol. The number of anilines is 1. The number of sulfonamides is 2. The monoisotopic (exact) mass is 948 g/mol. The van der Waals surface area contributed by atoms with Crippen molar-refractivity contribution in [1.82, 2.24) is 20.1 Å². The normalized spacial score (nSPS) is 11.4. The van der Waals surface area contributed by atoms with E-state index >= 15 is 0 Å². The van der Waals surface area contributed by atoms with Crippen molar-refractivity contribution in [2.24, 2.45) is 0 Å². The highest BCUT2D eigenvalue weighted by atomic mass is 32.2. The molecule has 16 nitrogen and oxygen atoms in total. The maximum atomic E-state index is 13.0. The molecular weight excluding hydrogens is 897 g/mol. The van der Waals surface area contributed by atoms with Gasteiger partial charge in [-0.3, -0.25) is 0 Å². The summed E-state index contributed by atoms with van der Waals surface area (Å²) in [4.78, 5) is 23.8. The van der Waals surface area contributed by atoms with Crippen molar-refractivity contribution < 1.29 is 45.4 Å². The van der Waals surface area contributed by atoms with E-state index in [1.807, 2.05) is 76.2 Å². The van der Waals surface area contributed by atoms with Crippen LogP contribution in [-0.2, 0) is 20.0 Å². The van der Waals surface area contributed by atoms with Crippen LogP contribution in [0.25, 0.3) is 22.3 Å². The Morgan fingerprint density at radius 1 is 0.522 bits per heavy atom. The number of benzene rings is 6. The zero-order valence-corrected chi connectivity index (χ0v) is 39.8. The van der Waals surface area contributed by atoms with Crippen LogP contribution >= 0.6 is 0 Å². The quantitative estimate of drug-likeness (QED) is 0.0722. The smallest absolute Gasteiger partial charge is 0.329 e. The molecule has 0 saturated heterocycles. The summed E-state index contributed by atoms with van der Waals surface area (Å²) >= 11 is 0. The van der Waals surface area contributed by atoms with Gasteiger partial charge in [-0.15, -0.1) is 0 Å².